The first-order valence-corrected chi connectivity index (χ1v) is 7.51. The minimum absolute atomic E-state index is 0.785. The lowest BCUT2D eigenvalue weighted by molar-refractivity contribution is 0.368. The molecule has 3 heterocycles. The van der Waals surface area contributed by atoms with Crippen molar-refractivity contribution in [3.8, 4) is 10.6 Å². The molecular weight excluding hydrogens is 242 g/mol. The first-order chi connectivity index (χ1) is 8.83. The number of imidazole rings is 1. The number of hydrogen-bond donors (Lipinski definition) is 2. The SMILES string of the molecule is Cc1[nH]c(CC2CCNCC2)nc1-c1cccs1. The predicted molar refractivity (Wildman–Crippen MR) is 75.9 cm³/mol. The zero-order valence-electron chi connectivity index (χ0n) is 10.7. The molecule has 1 fully saturated rings. The molecule has 0 atom stereocenters. The van der Waals surface area contributed by atoms with Gasteiger partial charge in [-0.25, -0.2) is 4.98 Å². The van der Waals surface area contributed by atoms with E-state index in [1.165, 1.54) is 23.4 Å². The highest BCUT2D eigenvalue weighted by Gasteiger charge is 2.17. The molecule has 0 radical (unpaired) electrons. The molecule has 0 aromatic carbocycles. The molecule has 1 aliphatic rings. The van der Waals surface area contributed by atoms with Gasteiger partial charge in [0.2, 0.25) is 0 Å². The molecule has 18 heavy (non-hydrogen) atoms. The van der Waals surface area contributed by atoms with Crippen LogP contribution in [0.5, 0.6) is 0 Å². The van der Waals surface area contributed by atoms with Gasteiger partial charge in [-0.2, -0.15) is 0 Å². The van der Waals surface area contributed by atoms with Gasteiger partial charge in [-0.05, 0) is 50.2 Å². The highest BCUT2D eigenvalue weighted by atomic mass is 32.1. The van der Waals surface area contributed by atoms with Crippen molar-refractivity contribution in [2.75, 3.05) is 13.1 Å². The Labute approximate surface area is 112 Å². The third kappa shape index (κ3) is 2.49. The Morgan fingerprint density at radius 2 is 2.22 bits per heavy atom. The van der Waals surface area contributed by atoms with Crippen LogP contribution in [-0.2, 0) is 6.42 Å². The highest BCUT2D eigenvalue weighted by molar-refractivity contribution is 7.13. The molecule has 2 aromatic heterocycles. The van der Waals surface area contributed by atoms with Gasteiger partial charge in [0.15, 0.2) is 0 Å². The van der Waals surface area contributed by atoms with Crippen molar-refractivity contribution in [2.24, 2.45) is 5.92 Å². The summed E-state index contributed by atoms with van der Waals surface area (Å²) in [6.07, 6.45) is 3.63. The van der Waals surface area contributed by atoms with Gasteiger partial charge in [0.1, 0.15) is 11.5 Å². The van der Waals surface area contributed by atoms with Crippen molar-refractivity contribution in [1.82, 2.24) is 15.3 Å². The smallest absolute Gasteiger partial charge is 0.107 e. The maximum absolute atomic E-state index is 4.78. The topological polar surface area (TPSA) is 40.7 Å². The Balaban J connectivity index is 1.75. The molecule has 3 nitrogen and oxygen atoms in total. The van der Waals surface area contributed by atoms with Crippen LogP contribution in [-0.4, -0.2) is 23.1 Å². The lowest BCUT2D eigenvalue weighted by Crippen LogP contribution is -2.28. The molecule has 96 valence electrons. The minimum atomic E-state index is 0.785. The second-order valence-corrected chi connectivity index (χ2v) is 5.98. The van der Waals surface area contributed by atoms with E-state index in [4.69, 9.17) is 4.98 Å². The predicted octanol–water partition coefficient (Wildman–Crippen LogP) is 2.99. The maximum atomic E-state index is 4.78. The number of aryl methyl sites for hydroxylation is 1. The fraction of sp³-hybridized carbons (Fsp3) is 0.500. The van der Waals surface area contributed by atoms with E-state index in [0.29, 0.717) is 0 Å². The van der Waals surface area contributed by atoms with Crippen molar-refractivity contribution in [2.45, 2.75) is 26.2 Å². The van der Waals surface area contributed by atoms with Gasteiger partial charge in [-0.1, -0.05) is 6.07 Å². The average Bonchev–Trinajstić information content (AvgIpc) is 3.00. The van der Waals surface area contributed by atoms with Crippen molar-refractivity contribution in [3.05, 3.63) is 29.0 Å². The Hall–Kier alpha value is -1.13. The van der Waals surface area contributed by atoms with E-state index >= 15 is 0 Å². The van der Waals surface area contributed by atoms with Crippen LogP contribution in [0.3, 0.4) is 0 Å². The number of aromatic amines is 1. The number of hydrogen-bond acceptors (Lipinski definition) is 3. The maximum Gasteiger partial charge on any atom is 0.107 e. The number of piperidine rings is 1. The third-order valence-corrected chi connectivity index (χ3v) is 4.51. The number of H-pyrrole nitrogens is 1. The van der Waals surface area contributed by atoms with E-state index < -0.39 is 0 Å². The minimum Gasteiger partial charge on any atom is -0.346 e. The van der Waals surface area contributed by atoms with Crippen LogP contribution in [0.2, 0.25) is 0 Å². The monoisotopic (exact) mass is 261 g/mol. The fourth-order valence-electron chi connectivity index (χ4n) is 2.63. The molecule has 0 aliphatic carbocycles. The largest absolute Gasteiger partial charge is 0.346 e. The summed E-state index contributed by atoms with van der Waals surface area (Å²) in [5.74, 6) is 1.94. The number of nitrogens with zero attached hydrogens (tertiary/aromatic N) is 1. The number of aromatic nitrogens is 2. The van der Waals surface area contributed by atoms with E-state index in [1.54, 1.807) is 11.3 Å². The van der Waals surface area contributed by atoms with Crippen LogP contribution in [0, 0.1) is 12.8 Å². The van der Waals surface area contributed by atoms with Crippen LogP contribution in [0.1, 0.15) is 24.4 Å². The number of thiophene rings is 1. The molecular formula is C14H19N3S. The van der Waals surface area contributed by atoms with Crippen LogP contribution in [0.15, 0.2) is 17.5 Å². The summed E-state index contributed by atoms with van der Waals surface area (Å²) in [5.41, 5.74) is 2.33. The molecule has 3 rings (SSSR count). The van der Waals surface area contributed by atoms with Gasteiger partial charge in [0.25, 0.3) is 0 Å². The van der Waals surface area contributed by atoms with E-state index in [-0.39, 0.29) is 0 Å². The molecule has 4 heteroatoms. The lowest BCUT2D eigenvalue weighted by Gasteiger charge is -2.21. The fourth-order valence-corrected chi connectivity index (χ4v) is 3.40. The van der Waals surface area contributed by atoms with Crippen LogP contribution >= 0.6 is 11.3 Å². The van der Waals surface area contributed by atoms with Crippen molar-refractivity contribution in [3.63, 3.8) is 0 Å². The summed E-state index contributed by atoms with van der Waals surface area (Å²) in [6, 6.07) is 4.22. The average molecular weight is 261 g/mol. The van der Waals surface area contributed by atoms with E-state index in [0.717, 1.165) is 36.9 Å². The zero-order valence-corrected chi connectivity index (χ0v) is 11.5. The van der Waals surface area contributed by atoms with Gasteiger partial charge in [0, 0.05) is 12.1 Å². The first-order valence-electron chi connectivity index (χ1n) is 6.63. The van der Waals surface area contributed by atoms with E-state index in [2.05, 4.69) is 34.7 Å². The number of rotatable bonds is 3. The van der Waals surface area contributed by atoms with Crippen molar-refractivity contribution >= 4 is 11.3 Å². The summed E-state index contributed by atoms with van der Waals surface area (Å²) in [4.78, 5) is 9.50. The van der Waals surface area contributed by atoms with Gasteiger partial charge in [-0.15, -0.1) is 11.3 Å². The third-order valence-electron chi connectivity index (χ3n) is 3.63. The Bertz CT molecular complexity index is 495. The Morgan fingerprint density at radius 3 is 2.94 bits per heavy atom. The van der Waals surface area contributed by atoms with Crippen molar-refractivity contribution in [1.29, 1.82) is 0 Å². The highest BCUT2D eigenvalue weighted by Crippen LogP contribution is 2.27. The summed E-state index contributed by atoms with van der Waals surface area (Å²) >= 11 is 1.76. The van der Waals surface area contributed by atoms with E-state index in [9.17, 15) is 0 Å². The Kier molecular flexibility index (Phi) is 3.48. The van der Waals surface area contributed by atoms with Crippen molar-refractivity contribution < 1.29 is 0 Å². The lowest BCUT2D eigenvalue weighted by atomic mass is 9.94. The zero-order chi connectivity index (χ0) is 12.4. The molecule has 0 amide bonds. The molecule has 1 aliphatic heterocycles. The molecule has 2 aromatic rings. The molecule has 1 saturated heterocycles. The van der Waals surface area contributed by atoms with Gasteiger partial charge in [-0.3, -0.25) is 0 Å². The molecule has 0 unspecified atom stereocenters. The second kappa shape index (κ2) is 5.24. The molecule has 0 spiro atoms. The molecule has 0 saturated carbocycles. The normalized spacial score (nSPS) is 17.2. The van der Waals surface area contributed by atoms with Gasteiger partial charge in [0.05, 0.1) is 4.88 Å². The summed E-state index contributed by atoms with van der Waals surface area (Å²) in [6.45, 7) is 4.43. The molecule has 2 N–H and O–H groups in total. The standard InChI is InChI=1S/C14H19N3S/c1-10-14(12-3-2-8-18-12)17-13(16-10)9-11-4-6-15-7-5-11/h2-3,8,11,15H,4-7,9H2,1H3,(H,16,17). The van der Waals surface area contributed by atoms with Crippen LogP contribution in [0.4, 0.5) is 0 Å². The summed E-state index contributed by atoms with van der Waals surface area (Å²) in [5, 5.41) is 5.52. The van der Waals surface area contributed by atoms with Gasteiger partial charge < -0.3 is 10.3 Å². The van der Waals surface area contributed by atoms with Crippen LogP contribution in [0.25, 0.3) is 10.6 Å². The van der Waals surface area contributed by atoms with E-state index in [1.807, 2.05) is 0 Å². The Morgan fingerprint density at radius 1 is 1.39 bits per heavy atom. The van der Waals surface area contributed by atoms with Crippen LogP contribution < -0.4 is 5.32 Å². The summed E-state index contributed by atoms with van der Waals surface area (Å²) in [7, 11) is 0. The quantitative estimate of drug-likeness (QED) is 0.891. The second-order valence-electron chi connectivity index (χ2n) is 5.03. The number of nitrogens with one attached hydrogen (secondary N) is 2. The summed E-state index contributed by atoms with van der Waals surface area (Å²) < 4.78 is 0. The first kappa shape index (κ1) is 11.9. The van der Waals surface area contributed by atoms with Gasteiger partial charge >= 0.3 is 0 Å². The molecule has 0 bridgehead atoms.